The van der Waals surface area contributed by atoms with Gasteiger partial charge in [-0.25, -0.2) is 0 Å². The van der Waals surface area contributed by atoms with Gasteiger partial charge in [0, 0.05) is 11.0 Å². The van der Waals surface area contributed by atoms with Gasteiger partial charge in [0.05, 0.1) is 0 Å². The third-order valence-electron chi connectivity index (χ3n) is 3.15. The van der Waals surface area contributed by atoms with Crippen molar-refractivity contribution in [2.45, 2.75) is 52.3 Å². The molecular weight excluding hydrogens is 176 g/mol. The molecule has 0 amide bonds. The molecule has 0 aliphatic carbocycles. The highest BCUT2D eigenvalue weighted by Crippen LogP contribution is 2.38. The molecule has 0 aromatic heterocycles. The first-order valence-corrected chi connectivity index (χ1v) is 4.97. The summed E-state index contributed by atoms with van der Waals surface area (Å²) in [6.07, 6.45) is 0.822. The van der Waals surface area contributed by atoms with Crippen LogP contribution >= 0.6 is 0 Å². The van der Waals surface area contributed by atoms with E-state index in [2.05, 4.69) is 30.9 Å². The van der Waals surface area contributed by atoms with Crippen molar-refractivity contribution in [1.82, 2.24) is 5.32 Å². The maximum Gasteiger partial charge on any atom is 0.157 e. The number of nitrogens with one attached hydrogen (secondary N) is 1. The maximum atomic E-state index is 10.1. The van der Waals surface area contributed by atoms with Crippen molar-refractivity contribution in [3.8, 4) is 0 Å². The van der Waals surface area contributed by atoms with Gasteiger partial charge >= 0.3 is 0 Å². The molecule has 3 nitrogen and oxygen atoms in total. The molecule has 0 radical (unpaired) electrons. The highest BCUT2D eigenvalue weighted by Gasteiger charge is 2.41. The van der Waals surface area contributed by atoms with E-state index in [9.17, 15) is 5.11 Å². The van der Waals surface area contributed by atoms with Gasteiger partial charge in [0.1, 0.15) is 0 Å². The van der Waals surface area contributed by atoms with Gasteiger partial charge in [-0.05, 0) is 41.0 Å². The quantitative estimate of drug-likeness (QED) is 0.665. The minimum atomic E-state index is -1.08. The molecule has 0 aliphatic rings. The monoisotopic (exact) mass is 200 g/mol. The predicted octanol–water partition coefficient (Wildman–Crippen LogP) is 1.81. The van der Waals surface area contributed by atoms with Crippen LogP contribution in [0.5, 0.6) is 0 Å². The molecule has 0 aromatic carbocycles. The Bertz CT molecular complexity index is 207. The second kappa shape index (κ2) is 3.99. The number of hydrogen-bond donors (Lipinski definition) is 2. The highest BCUT2D eigenvalue weighted by atomic mass is 16.3. The number of hydrogen-bond acceptors (Lipinski definition) is 3. The first kappa shape index (κ1) is 13.6. The number of aliphatic imine (C=N–C) groups is 1. The molecule has 0 unspecified atom stereocenters. The average molecular weight is 200 g/mol. The van der Waals surface area contributed by atoms with E-state index in [0.717, 1.165) is 6.42 Å². The number of aliphatic hydroxyl groups is 1. The Balaban J connectivity index is 4.73. The largest absolute Gasteiger partial charge is 0.369 e. The SMILES string of the molecule is C=N[C@](C)(O)C(C)(C)CC(C)(C)NC. The summed E-state index contributed by atoms with van der Waals surface area (Å²) in [5.74, 6) is 0. The van der Waals surface area contributed by atoms with Gasteiger partial charge < -0.3 is 10.4 Å². The molecule has 1 atom stereocenters. The normalized spacial score (nSPS) is 17.6. The molecule has 0 aliphatic heterocycles. The lowest BCUT2D eigenvalue weighted by Gasteiger charge is -2.42. The van der Waals surface area contributed by atoms with Crippen LogP contribution in [0.25, 0.3) is 0 Å². The van der Waals surface area contributed by atoms with Crippen LogP contribution in [0.4, 0.5) is 0 Å². The summed E-state index contributed by atoms with van der Waals surface area (Å²) in [6.45, 7) is 13.3. The van der Waals surface area contributed by atoms with Gasteiger partial charge in [0.25, 0.3) is 0 Å². The molecule has 2 N–H and O–H groups in total. The molecule has 0 aromatic rings. The lowest BCUT2D eigenvalue weighted by atomic mass is 9.73. The van der Waals surface area contributed by atoms with Crippen molar-refractivity contribution in [1.29, 1.82) is 0 Å². The molecule has 0 heterocycles. The van der Waals surface area contributed by atoms with Gasteiger partial charge in [-0.15, -0.1) is 0 Å². The molecule has 0 fully saturated rings. The highest BCUT2D eigenvalue weighted by molar-refractivity contribution is 5.25. The summed E-state index contributed by atoms with van der Waals surface area (Å²) in [6, 6.07) is 0. The minimum absolute atomic E-state index is 0.0157. The van der Waals surface area contributed by atoms with Gasteiger partial charge in [0.15, 0.2) is 5.72 Å². The van der Waals surface area contributed by atoms with Crippen LogP contribution in [0.1, 0.15) is 41.0 Å². The summed E-state index contributed by atoms with van der Waals surface area (Å²) >= 11 is 0. The van der Waals surface area contributed by atoms with E-state index in [1.807, 2.05) is 20.9 Å². The van der Waals surface area contributed by atoms with E-state index in [1.165, 1.54) is 0 Å². The van der Waals surface area contributed by atoms with Crippen LogP contribution in [-0.4, -0.2) is 30.1 Å². The van der Waals surface area contributed by atoms with Crippen molar-refractivity contribution in [3.63, 3.8) is 0 Å². The zero-order valence-corrected chi connectivity index (χ0v) is 10.3. The second-order valence-electron chi connectivity index (χ2n) is 5.37. The second-order valence-corrected chi connectivity index (χ2v) is 5.37. The van der Waals surface area contributed by atoms with Gasteiger partial charge in [-0.2, -0.15) is 0 Å². The molecule has 3 heteroatoms. The van der Waals surface area contributed by atoms with Gasteiger partial charge in [-0.1, -0.05) is 13.8 Å². The summed E-state index contributed by atoms with van der Waals surface area (Å²) in [4.78, 5) is 3.79. The zero-order valence-electron chi connectivity index (χ0n) is 10.3. The molecule has 0 saturated heterocycles. The van der Waals surface area contributed by atoms with Crippen LogP contribution in [0, 0.1) is 5.41 Å². The summed E-state index contributed by atoms with van der Waals surface area (Å²) in [7, 11) is 1.92. The smallest absolute Gasteiger partial charge is 0.157 e. The summed E-state index contributed by atoms with van der Waals surface area (Å²) in [5.41, 5.74) is -1.40. The fraction of sp³-hybridized carbons (Fsp3) is 0.909. The first-order valence-electron chi connectivity index (χ1n) is 4.97. The van der Waals surface area contributed by atoms with Gasteiger partial charge in [0.2, 0.25) is 0 Å². The Kier molecular flexibility index (Phi) is 3.87. The third kappa shape index (κ3) is 3.07. The van der Waals surface area contributed by atoms with Crippen molar-refractivity contribution in [2.24, 2.45) is 10.4 Å². The molecule has 0 rings (SSSR count). The predicted molar refractivity (Wildman–Crippen MR) is 61.7 cm³/mol. The Hall–Kier alpha value is -0.410. The van der Waals surface area contributed by atoms with E-state index < -0.39 is 5.72 Å². The van der Waals surface area contributed by atoms with E-state index >= 15 is 0 Å². The molecule has 0 bridgehead atoms. The van der Waals surface area contributed by atoms with Crippen LogP contribution in [0.3, 0.4) is 0 Å². The fourth-order valence-electron chi connectivity index (χ4n) is 1.57. The van der Waals surface area contributed by atoms with Crippen molar-refractivity contribution >= 4 is 6.72 Å². The summed E-state index contributed by atoms with van der Waals surface area (Å²) < 4.78 is 0. The van der Waals surface area contributed by atoms with E-state index in [-0.39, 0.29) is 11.0 Å². The Morgan fingerprint density at radius 3 is 1.93 bits per heavy atom. The lowest BCUT2D eigenvalue weighted by Crippen LogP contribution is -2.48. The maximum absolute atomic E-state index is 10.1. The van der Waals surface area contributed by atoms with Crippen molar-refractivity contribution in [3.05, 3.63) is 0 Å². The van der Waals surface area contributed by atoms with E-state index in [1.54, 1.807) is 6.92 Å². The van der Waals surface area contributed by atoms with Crippen molar-refractivity contribution in [2.75, 3.05) is 7.05 Å². The minimum Gasteiger partial charge on any atom is -0.369 e. The topological polar surface area (TPSA) is 44.6 Å². The average Bonchev–Trinajstić information content (AvgIpc) is 2.02. The standard InChI is InChI=1S/C11H24N2O/c1-9(2,11(5,14)13-7)8-10(3,4)12-6/h12,14H,7-8H2,1-6H3/t11-/m1/s1. The van der Waals surface area contributed by atoms with E-state index in [0.29, 0.717) is 0 Å². The molecule has 84 valence electrons. The zero-order chi connectivity index (χ0) is 11.6. The Labute approximate surface area is 87.6 Å². The molecular formula is C11H24N2O. The molecule has 14 heavy (non-hydrogen) atoms. The first-order chi connectivity index (χ1) is 6.08. The summed E-state index contributed by atoms with van der Waals surface area (Å²) in [5, 5.41) is 13.3. The van der Waals surface area contributed by atoms with E-state index in [4.69, 9.17) is 0 Å². The fourth-order valence-corrected chi connectivity index (χ4v) is 1.57. The van der Waals surface area contributed by atoms with Crippen molar-refractivity contribution < 1.29 is 5.11 Å². The van der Waals surface area contributed by atoms with Crippen LogP contribution < -0.4 is 5.32 Å². The van der Waals surface area contributed by atoms with Gasteiger partial charge in [-0.3, -0.25) is 4.99 Å². The molecule has 0 saturated carbocycles. The lowest BCUT2D eigenvalue weighted by molar-refractivity contribution is -0.0575. The Morgan fingerprint density at radius 1 is 1.21 bits per heavy atom. The third-order valence-corrected chi connectivity index (χ3v) is 3.15. The number of nitrogens with zero attached hydrogens (tertiary/aromatic N) is 1. The molecule has 0 spiro atoms. The van der Waals surface area contributed by atoms with Crippen LogP contribution in [0.15, 0.2) is 4.99 Å². The Morgan fingerprint density at radius 2 is 1.64 bits per heavy atom. The van der Waals surface area contributed by atoms with Crippen LogP contribution in [0.2, 0.25) is 0 Å². The van der Waals surface area contributed by atoms with Crippen LogP contribution in [-0.2, 0) is 0 Å². The number of rotatable bonds is 5.